The van der Waals surface area contributed by atoms with Crippen LogP contribution in [-0.2, 0) is 4.74 Å². The summed E-state index contributed by atoms with van der Waals surface area (Å²) >= 11 is 32.6. The lowest BCUT2D eigenvalue weighted by Crippen LogP contribution is -2.32. The summed E-state index contributed by atoms with van der Waals surface area (Å²) in [7, 11) is 0. The van der Waals surface area contributed by atoms with Crippen LogP contribution in [0.15, 0.2) is 146 Å². The first-order valence-corrected chi connectivity index (χ1v) is 41.5. The normalized spacial score (nSPS) is 13.3. The molecule has 3 atom stereocenters. The highest BCUT2D eigenvalue weighted by Gasteiger charge is 2.25. The number of aromatic carboxylic acids is 1. The number of carbonyl (C=O) groups excluding carboxylic acids is 5. The molecule has 0 bridgehead atoms. The largest absolute Gasteiger partial charge is 0.493 e. The van der Waals surface area contributed by atoms with Gasteiger partial charge in [-0.1, -0.05) is 87.0 Å². The fourth-order valence-corrected chi connectivity index (χ4v) is 11.9. The van der Waals surface area contributed by atoms with Crippen LogP contribution in [0.2, 0.25) is 15.1 Å². The lowest BCUT2D eigenvalue weighted by atomic mass is 10.2. The molecule has 0 aliphatic heterocycles. The number of carboxylic acids is 1. The maximum atomic E-state index is 12.6. The number of esters is 1. The number of aliphatic hydroxyl groups excluding tert-OH is 3. The van der Waals surface area contributed by atoms with Crippen LogP contribution in [-0.4, -0.2) is 169 Å². The zero-order valence-electron chi connectivity index (χ0n) is 64.3. The molecule has 3 saturated carbocycles. The number of hydrogen-bond donors (Lipinski definition) is 9. The number of aliphatic hydroxyl groups is 3. The molecule has 36 heteroatoms. The van der Waals surface area contributed by atoms with Gasteiger partial charge in [-0.05, 0) is 182 Å². The Bertz CT molecular complexity index is 4770. The van der Waals surface area contributed by atoms with Crippen molar-refractivity contribution in [1.29, 1.82) is 0 Å². The number of carboxylic acid groups (broad SMARTS) is 1. The Morgan fingerprint density at radius 2 is 0.821 bits per heavy atom. The summed E-state index contributed by atoms with van der Waals surface area (Å²) in [4.78, 5) is 99.4. The molecular weight excluding hydrogens is 1670 g/mol. The fraction of sp³-hybridized carbons (Fsp3) is 0.333. The Hall–Kier alpha value is -9.87. The molecule has 6 aromatic heterocycles. The van der Waals surface area contributed by atoms with Crippen molar-refractivity contribution in [2.75, 3.05) is 64.7 Å². The van der Waals surface area contributed by atoms with E-state index in [0.29, 0.717) is 102 Å². The van der Waals surface area contributed by atoms with Gasteiger partial charge in [0.2, 0.25) is 0 Å². The van der Waals surface area contributed by atoms with E-state index in [1.807, 2.05) is 62.4 Å². The smallest absolute Gasteiger partial charge is 0.356 e. The second-order valence-corrected chi connectivity index (χ2v) is 30.6. The quantitative estimate of drug-likeness (QED) is 0.0134. The third kappa shape index (κ3) is 35.1. The van der Waals surface area contributed by atoms with Gasteiger partial charge in [0.1, 0.15) is 51.6 Å². The SMILES string of the molecule is CCO.CCOC(=O)c1cc(C(=O)N[C@@H](C)/C=C/c2cnc(Oc3ccc(OCC4CC4)cc3Cl)s2)ccn1.C[C@@H](/C=C/c1cnc(Oc2ccc(OCC3CC3)cc2Cl)s1)NC(=O)c1ccnc(C(=O)NCCO)c1.C[C@@H](/C=C/c1cnc(Oc2ccc(OCC3CC3)cc2Cl)s1)NC(=O)c1ccnc(C(=O)O)c1.ClCCl.NCCO. The molecule has 4 amide bonds. The zero-order chi connectivity index (χ0) is 84.6. The Morgan fingerprint density at radius 1 is 0.496 bits per heavy atom. The molecule has 28 nitrogen and oxygen atoms in total. The minimum atomic E-state index is -1.19. The number of carbonyl (C=O) groups is 6. The van der Waals surface area contributed by atoms with Crippen molar-refractivity contribution in [1.82, 2.24) is 51.2 Å². The Labute approximate surface area is 713 Å². The van der Waals surface area contributed by atoms with E-state index >= 15 is 0 Å². The fourth-order valence-electron chi connectivity index (χ4n) is 9.19. The number of aromatic nitrogens is 6. The average molecular weight is 1760 g/mol. The van der Waals surface area contributed by atoms with Gasteiger partial charge < -0.3 is 80.6 Å². The second-order valence-electron chi connectivity index (χ2n) is 25.5. The number of pyridine rings is 3. The van der Waals surface area contributed by atoms with E-state index in [1.165, 1.54) is 128 Å². The first-order chi connectivity index (χ1) is 56.4. The molecule has 0 spiro atoms. The molecule has 9 aromatic rings. The van der Waals surface area contributed by atoms with Gasteiger partial charge in [-0.15, -0.1) is 23.2 Å². The number of rotatable bonds is 34. The number of halogens is 5. The number of nitrogens with two attached hydrogens (primary N) is 1. The van der Waals surface area contributed by atoms with Gasteiger partial charge in [0.05, 0.1) is 74.7 Å². The van der Waals surface area contributed by atoms with E-state index in [9.17, 15) is 28.8 Å². The highest BCUT2D eigenvalue weighted by Crippen LogP contribution is 2.40. The molecular formula is C81H90Cl5N11O17S3. The zero-order valence-corrected chi connectivity index (χ0v) is 70.6. The summed E-state index contributed by atoms with van der Waals surface area (Å²) in [6.07, 6.45) is 27.4. The van der Waals surface area contributed by atoms with Gasteiger partial charge in [-0.25, -0.2) is 34.5 Å². The summed E-state index contributed by atoms with van der Waals surface area (Å²) in [6, 6.07) is 23.7. The molecule has 6 heterocycles. The van der Waals surface area contributed by atoms with Gasteiger partial charge in [-0.2, -0.15) is 0 Å². The molecule has 0 saturated heterocycles. The first-order valence-electron chi connectivity index (χ1n) is 36.8. The second kappa shape index (κ2) is 50.7. The first kappa shape index (κ1) is 94.3. The van der Waals surface area contributed by atoms with E-state index in [0.717, 1.165) is 32.7 Å². The molecule has 624 valence electrons. The molecule has 117 heavy (non-hydrogen) atoms. The molecule has 0 radical (unpaired) electrons. The number of benzene rings is 3. The lowest BCUT2D eigenvalue weighted by molar-refractivity contribution is 0.0518. The average Bonchev–Trinajstić information content (AvgIpc) is 1.74. The minimum Gasteiger partial charge on any atom is -0.493 e. The van der Waals surface area contributed by atoms with E-state index in [-0.39, 0.29) is 90.9 Å². The summed E-state index contributed by atoms with van der Waals surface area (Å²) in [5, 5.41) is 47.0. The van der Waals surface area contributed by atoms with Crippen LogP contribution in [0.4, 0.5) is 0 Å². The maximum absolute atomic E-state index is 12.6. The van der Waals surface area contributed by atoms with Gasteiger partial charge in [0.25, 0.3) is 39.2 Å². The van der Waals surface area contributed by atoms with Crippen LogP contribution in [0.25, 0.3) is 18.2 Å². The minimum absolute atomic E-state index is 0.0883. The summed E-state index contributed by atoms with van der Waals surface area (Å²) < 4.78 is 39.6. The van der Waals surface area contributed by atoms with Gasteiger partial charge in [0, 0.05) is 110 Å². The van der Waals surface area contributed by atoms with Crippen molar-refractivity contribution in [3.05, 3.63) is 210 Å². The predicted octanol–water partition coefficient (Wildman–Crippen LogP) is 15.8. The number of ether oxygens (including phenoxy) is 7. The Balaban J connectivity index is 0.000000229. The highest BCUT2D eigenvalue weighted by atomic mass is 35.5. The lowest BCUT2D eigenvalue weighted by Gasteiger charge is -2.10. The van der Waals surface area contributed by atoms with Gasteiger partial charge >= 0.3 is 11.9 Å². The standard InChI is InChI=1S/C26H27ClN4O5S.C26H26ClN3O5S.C24H22ClN3O5S.C2H7NO.C2H6O.CH2Cl2/c1-16(31-24(33)18-8-9-28-22(12-18)25(34)29-10-11-32)2-6-20-14-30-26(37-20)36-23-7-5-19(13-21(23)27)35-15-17-3-4-17;1-3-33-25(32)22-12-18(10-11-28-22)24(31)30-16(2)4-8-20-14-29-26(36-20)35-23-9-7-19(13-21(23)27)34-15-17-5-6-17;1-14(28-22(29)16-8-9-26-20(10-16)23(30)31)2-6-18-12-27-24(34-18)33-21-7-5-17(11-19(21)25)32-13-15-3-4-15;3-1-2-4;1-2-3;2-1-3/h2,5-9,12-14,16-17,32H,3-4,10-11,15H2,1H3,(H,29,34)(H,31,33);4,7-14,16-17H,3,5-6,15H2,1-2H3,(H,30,31);2,5-12,14-15H,3-4,13H2,1H3,(H,28,29)(H,30,31);4H,1-3H2;3H,2H2,1H3;1H2/b6-2+;8-4+;6-2+;;;/t2*16-;14-;;;/m000.../s1. The molecule has 3 fully saturated rings. The summed E-state index contributed by atoms with van der Waals surface area (Å²) in [6.45, 7) is 11.9. The number of amides is 4. The van der Waals surface area contributed by atoms with E-state index in [4.69, 9.17) is 117 Å². The molecule has 3 aliphatic carbocycles. The summed E-state index contributed by atoms with van der Waals surface area (Å²) in [5.74, 6) is 2.35. The predicted molar refractivity (Wildman–Crippen MR) is 454 cm³/mol. The number of thiazole rings is 3. The Morgan fingerprint density at radius 3 is 1.13 bits per heavy atom. The van der Waals surface area contributed by atoms with Gasteiger partial charge in [-0.3, -0.25) is 24.2 Å². The molecule has 3 aromatic carbocycles. The third-order valence-electron chi connectivity index (χ3n) is 15.6. The molecule has 12 rings (SSSR count). The number of nitrogens with zero attached hydrogens (tertiary/aromatic N) is 6. The summed E-state index contributed by atoms with van der Waals surface area (Å²) in [5.41, 5.74) is 5.63. The van der Waals surface area contributed by atoms with Crippen LogP contribution in [0.5, 0.6) is 50.1 Å². The number of alkyl halides is 2. The van der Waals surface area contributed by atoms with Gasteiger partial charge in [0.15, 0.2) is 0 Å². The van der Waals surface area contributed by atoms with Crippen molar-refractivity contribution in [3.63, 3.8) is 0 Å². The highest BCUT2D eigenvalue weighted by molar-refractivity contribution is 7.14. The van der Waals surface area contributed by atoms with Crippen LogP contribution >= 0.6 is 92.0 Å². The van der Waals surface area contributed by atoms with Crippen LogP contribution in [0.1, 0.15) is 150 Å². The molecule has 3 aliphatic rings. The Kier molecular flexibility index (Phi) is 40.8. The van der Waals surface area contributed by atoms with Crippen molar-refractivity contribution in [2.24, 2.45) is 23.5 Å². The van der Waals surface area contributed by atoms with Crippen LogP contribution < -0.4 is 55.4 Å². The van der Waals surface area contributed by atoms with Crippen LogP contribution in [0.3, 0.4) is 0 Å². The maximum Gasteiger partial charge on any atom is 0.356 e. The number of nitrogens with one attached hydrogen (secondary N) is 4. The number of hydrogen-bond acceptors (Lipinski definition) is 26. The van der Waals surface area contributed by atoms with E-state index in [1.54, 1.807) is 81.8 Å². The monoisotopic (exact) mass is 1760 g/mol. The van der Waals surface area contributed by atoms with Crippen molar-refractivity contribution < 1.29 is 82.4 Å². The van der Waals surface area contributed by atoms with E-state index < -0.39 is 23.8 Å². The van der Waals surface area contributed by atoms with Crippen molar-refractivity contribution >= 4 is 146 Å². The van der Waals surface area contributed by atoms with Crippen molar-refractivity contribution in [3.8, 4) is 50.1 Å². The van der Waals surface area contributed by atoms with Crippen molar-refractivity contribution in [2.45, 2.75) is 91.3 Å². The molecule has 10 N–H and O–H groups in total. The third-order valence-corrected chi connectivity index (χ3v) is 19.0. The van der Waals surface area contributed by atoms with Crippen LogP contribution in [0, 0.1) is 17.8 Å². The molecule has 0 unspecified atom stereocenters. The van der Waals surface area contributed by atoms with E-state index in [2.05, 4.69) is 51.2 Å². The topological polar surface area (TPSA) is 399 Å².